The summed E-state index contributed by atoms with van der Waals surface area (Å²) in [6, 6.07) is 0. The lowest BCUT2D eigenvalue weighted by Gasteiger charge is -2.14. The zero-order valence-electron chi connectivity index (χ0n) is 6.09. The number of hydrogen-bond donors (Lipinski definition) is 0. The molecule has 0 bridgehead atoms. The molecule has 1 saturated carbocycles. The van der Waals surface area contributed by atoms with E-state index in [-0.39, 0.29) is 0 Å². The number of rotatable bonds is 2. The lowest BCUT2D eigenvalue weighted by molar-refractivity contribution is 0.612. The van der Waals surface area contributed by atoms with Crippen molar-refractivity contribution in [1.82, 2.24) is 0 Å². The van der Waals surface area contributed by atoms with Crippen LogP contribution in [0.4, 0.5) is 0 Å². The molecule has 0 N–H and O–H groups in total. The standard InChI is InChI=1S/C9H13/c1-3-8(2)9-6-4-5-7-9/h4-8H,3H2,1-2H3/t8-/m0/s1. The molecule has 0 heteroatoms. The molecular formula is C9H13. The lowest BCUT2D eigenvalue weighted by Crippen LogP contribution is -2.03. The van der Waals surface area contributed by atoms with Gasteiger partial charge >= 0.3 is 0 Å². The molecule has 1 rings (SSSR count). The molecule has 9 heavy (non-hydrogen) atoms. The van der Waals surface area contributed by atoms with Gasteiger partial charge in [-0.2, -0.15) is 0 Å². The summed E-state index contributed by atoms with van der Waals surface area (Å²) in [5.41, 5.74) is 0. The van der Waals surface area contributed by atoms with Crippen molar-refractivity contribution >= 4 is 0 Å². The van der Waals surface area contributed by atoms with Crippen molar-refractivity contribution in [3.63, 3.8) is 0 Å². The molecule has 0 saturated heterocycles. The Kier molecular flexibility index (Phi) is 2.56. The highest BCUT2D eigenvalue weighted by molar-refractivity contribution is 5.36. The van der Waals surface area contributed by atoms with Crippen LogP contribution < -0.4 is 0 Å². The van der Waals surface area contributed by atoms with Gasteiger partial charge in [0.2, 0.25) is 0 Å². The zero-order chi connectivity index (χ0) is 6.69. The van der Waals surface area contributed by atoms with E-state index in [0.29, 0.717) is 0 Å². The van der Waals surface area contributed by atoms with E-state index in [1.165, 1.54) is 12.3 Å². The maximum Gasteiger partial charge on any atom is -0.0139 e. The van der Waals surface area contributed by atoms with Crippen molar-refractivity contribution in [2.75, 3.05) is 0 Å². The van der Waals surface area contributed by atoms with Crippen LogP contribution in [0.5, 0.6) is 0 Å². The summed E-state index contributed by atoms with van der Waals surface area (Å²) in [6.07, 6.45) is 9.81. The van der Waals surface area contributed by atoms with Gasteiger partial charge in [-0.15, -0.1) is 0 Å². The van der Waals surface area contributed by atoms with Crippen LogP contribution in [-0.2, 0) is 0 Å². The van der Waals surface area contributed by atoms with Gasteiger partial charge in [-0.1, -0.05) is 20.3 Å². The summed E-state index contributed by atoms with van der Waals surface area (Å²) in [5.74, 6) is 2.21. The molecule has 0 aliphatic heterocycles. The third-order valence-corrected chi connectivity index (χ3v) is 1.87. The molecule has 0 heterocycles. The van der Waals surface area contributed by atoms with Crippen molar-refractivity contribution in [2.45, 2.75) is 20.3 Å². The van der Waals surface area contributed by atoms with Gasteiger partial charge in [-0.3, -0.25) is 0 Å². The van der Waals surface area contributed by atoms with Crippen LogP contribution in [0.2, 0.25) is 0 Å². The summed E-state index contributed by atoms with van der Waals surface area (Å²) in [5, 5.41) is 0. The molecule has 1 aliphatic rings. The van der Waals surface area contributed by atoms with Gasteiger partial charge in [0.1, 0.15) is 0 Å². The van der Waals surface area contributed by atoms with Crippen molar-refractivity contribution < 1.29 is 0 Å². The van der Waals surface area contributed by atoms with Crippen molar-refractivity contribution in [1.29, 1.82) is 0 Å². The lowest BCUT2D eigenvalue weighted by atomic mass is 9.91. The molecule has 0 aromatic heterocycles. The minimum Gasteiger partial charge on any atom is -0.0651 e. The van der Waals surface area contributed by atoms with Crippen molar-refractivity contribution in [3.8, 4) is 0 Å². The average molecular weight is 121 g/mol. The van der Waals surface area contributed by atoms with Gasteiger partial charge in [-0.05, 0) is 37.5 Å². The predicted octanol–water partition coefficient (Wildman–Crippen LogP) is 2.44. The Balaban J connectivity index is 2.24. The summed E-state index contributed by atoms with van der Waals surface area (Å²) in [6.45, 7) is 4.48. The molecular weight excluding hydrogens is 108 g/mol. The van der Waals surface area contributed by atoms with E-state index in [9.17, 15) is 0 Å². The fourth-order valence-electron chi connectivity index (χ4n) is 0.953. The molecule has 0 unspecified atom stereocenters. The summed E-state index contributed by atoms with van der Waals surface area (Å²) in [4.78, 5) is 0. The Labute approximate surface area is 58.7 Å². The summed E-state index contributed by atoms with van der Waals surface area (Å²) >= 11 is 0. The van der Waals surface area contributed by atoms with Gasteiger partial charge in [0, 0.05) is 0 Å². The van der Waals surface area contributed by atoms with Crippen LogP contribution in [0.1, 0.15) is 20.3 Å². The topological polar surface area (TPSA) is 0 Å². The van der Waals surface area contributed by atoms with Crippen LogP contribution in [0.15, 0.2) is 0 Å². The Hall–Kier alpha value is 0. The second-order valence-corrected chi connectivity index (χ2v) is 2.53. The highest BCUT2D eigenvalue weighted by Crippen LogP contribution is 2.31. The first-order valence-corrected chi connectivity index (χ1v) is 3.56. The van der Waals surface area contributed by atoms with E-state index in [1.807, 2.05) is 0 Å². The van der Waals surface area contributed by atoms with E-state index < -0.39 is 0 Å². The van der Waals surface area contributed by atoms with E-state index in [1.54, 1.807) is 0 Å². The normalized spacial score (nSPS) is 24.7. The summed E-state index contributed by atoms with van der Waals surface area (Å²) < 4.78 is 0. The van der Waals surface area contributed by atoms with E-state index >= 15 is 0 Å². The van der Waals surface area contributed by atoms with Gasteiger partial charge in [0.25, 0.3) is 0 Å². The second-order valence-electron chi connectivity index (χ2n) is 2.53. The van der Waals surface area contributed by atoms with E-state index in [2.05, 4.69) is 39.5 Å². The molecule has 1 atom stereocenters. The Bertz CT molecular complexity index is 70.1. The van der Waals surface area contributed by atoms with Crippen LogP contribution in [-0.4, -0.2) is 0 Å². The fourth-order valence-corrected chi connectivity index (χ4v) is 0.953. The van der Waals surface area contributed by atoms with E-state index in [4.69, 9.17) is 0 Å². The molecule has 1 fully saturated rings. The highest BCUT2D eigenvalue weighted by Gasteiger charge is 2.21. The minimum absolute atomic E-state index is 0.736. The third kappa shape index (κ3) is 1.70. The first kappa shape index (κ1) is 7.11. The largest absolute Gasteiger partial charge is 0.0651 e. The minimum atomic E-state index is 0.736. The molecule has 0 amide bonds. The molecule has 49 valence electrons. The highest BCUT2D eigenvalue weighted by atomic mass is 14.2. The van der Waals surface area contributed by atoms with Gasteiger partial charge in [0.05, 0.1) is 0 Å². The second kappa shape index (κ2) is 3.24. The Morgan fingerprint density at radius 2 is 1.89 bits per heavy atom. The van der Waals surface area contributed by atoms with Crippen molar-refractivity contribution in [2.24, 2.45) is 5.92 Å². The fraction of sp³-hybridized carbons (Fsp3) is 0.444. The van der Waals surface area contributed by atoms with Crippen LogP contribution in [0.25, 0.3) is 0 Å². The first-order valence-electron chi connectivity index (χ1n) is 3.56. The predicted molar refractivity (Wildman–Crippen MR) is 39.9 cm³/mol. The van der Waals surface area contributed by atoms with Crippen LogP contribution >= 0.6 is 0 Å². The SMILES string of the molecule is CC[C@H](C)[C]1[CH][CH][CH][CH]1. The molecule has 0 aromatic rings. The average Bonchev–Trinajstić information content (AvgIpc) is 2.37. The zero-order valence-corrected chi connectivity index (χ0v) is 6.09. The van der Waals surface area contributed by atoms with Crippen molar-refractivity contribution in [3.05, 3.63) is 31.6 Å². The molecule has 5 radical (unpaired) electrons. The quantitative estimate of drug-likeness (QED) is 0.526. The molecule has 0 spiro atoms. The Morgan fingerprint density at radius 3 is 2.33 bits per heavy atom. The summed E-state index contributed by atoms with van der Waals surface area (Å²) in [7, 11) is 0. The molecule has 0 aromatic carbocycles. The maximum absolute atomic E-state index is 2.26. The van der Waals surface area contributed by atoms with Gasteiger partial charge < -0.3 is 0 Å². The maximum atomic E-state index is 2.26. The Morgan fingerprint density at radius 1 is 1.33 bits per heavy atom. The molecule has 0 nitrogen and oxygen atoms in total. The molecule has 1 aliphatic carbocycles. The van der Waals surface area contributed by atoms with Crippen LogP contribution in [0, 0.1) is 37.5 Å². The first-order chi connectivity index (χ1) is 4.34. The third-order valence-electron chi connectivity index (χ3n) is 1.87. The smallest absolute Gasteiger partial charge is 0.0139 e. The number of hydrogen-bond acceptors (Lipinski definition) is 0. The van der Waals surface area contributed by atoms with Gasteiger partial charge in [-0.25, -0.2) is 0 Å². The van der Waals surface area contributed by atoms with Crippen LogP contribution in [0.3, 0.4) is 0 Å². The monoisotopic (exact) mass is 121 g/mol. The van der Waals surface area contributed by atoms with Gasteiger partial charge in [0.15, 0.2) is 0 Å². The van der Waals surface area contributed by atoms with E-state index in [0.717, 1.165) is 5.92 Å².